The molecule has 0 aromatic carbocycles. The summed E-state index contributed by atoms with van der Waals surface area (Å²) in [6.07, 6.45) is -0.384. The third-order valence-electron chi connectivity index (χ3n) is 1.70. The molecule has 6 heteroatoms. The summed E-state index contributed by atoms with van der Waals surface area (Å²) in [5.74, 6) is 0. The summed E-state index contributed by atoms with van der Waals surface area (Å²) in [6.45, 7) is 0. The van der Waals surface area contributed by atoms with E-state index in [9.17, 15) is 13.6 Å². The first-order chi connectivity index (χ1) is 7.20. The highest BCUT2D eigenvalue weighted by Gasteiger charge is 2.13. The maximum absolute atomic E-state index is 12.3. The van der Waals surface area contributed by atoms with Crippen LogP contribution in [0.2, 0.25) is 0 Å². The van der Waals surface area contributed by atoms with E-state index < -0.39 is 6.43 Å². The summed E-state index contributed by atoms with van der Waals surface area (Å²) in [5.41, 5.74) is 0. The smallest absolute Gasteiger partial charge is 0.289 e. The molecule has 2 heterocycles. The number of aromatic nitrogens is 1. The van der Waals surface area contributed by atoms with Crippen molar-refractivity contribution in [1.29, 1.82) is 0 Å². The van der Waals surface area contributed by atoms with E-state index in [2.05, 4.69) is 4.98 Å². The first-order valence-electron chi connectivity index (χ1n) is 4.00. The van der Waals surface area contributed by atoms with Gasteiger partial charge in [0.25, 0.3) is 6.43 Å². The summed E-state index contributed by atoms with van der Waals surface area (Å²) in [4.78, 5) is 16.1. The van der Waals surface area contributed by atoms with Crippen molar-refractivity contribution in [3.8, 4) is 9.75 Å². The first kappa shape index (κ1) is 10.4. The predicted octanol–water partition coefficient (Wildman–Crippen LogP) is 3.62. The number of halogens is 2. The van der Waals surface area contributed by atoms with Crippen LogP contribution in [-0.2, 0) is 0 Å². The lowest BCUT2D eigenvalue weighted by Gasteiger charge is -1.88. The highest BCUT2D eigenvalue weighted by Crippen LogP contribution is 2.34. The van der Waals surface area contributed by atoms with Crippen LogP contribution in [0.5, 0.6) is 0 Å². The highest BCUT2D eigenvalue weighted by atomic mass is 32.1. The average molecular weight is 245 g/mol. The monoisotopic (exact) mass is 245 g/mol. The molecule has 2 nitrogen and oxygen atoms in total. The number of nitrogens with zero attached hydrogens (tertiary/aromatic N) is 1. The van der Waals surface area contributed by atoms with Crippen LogP contribution >= 0.6 is 22.7 Å². The third-order valence-corrected chi connectivity index (χ3v) is 3.91. The van der Waals surface area contributed by atoms with E-state index in [1.165, 1.54) is 17.5 Å². The van der Waals surface area contributed by atoms with Gasteiger partial charge in [0.05, 0.1) is 9.75 Å². The van der Waals surface area contributed by atoms with E-state index in [1.807, 2.05) is 0 Å². The molecule has 0 atom stereocenters. The summed E-state index contributed by atoms with van der Waals surface area (Å²) >= 11 is 2.22. The topological polar surface area (TPSA) is 30.0 Å². The average Bonchev–Trinajstić information content (AvgIpc) is 2.86. The Balaban J connectivity index is 2.32. The fraction of sp³-hybridized carbons (Fsp3) is 0.111. The fourth-order valence-corrected chi connectivity index (χ4v) is 2.72. The minimum atomic E-state index is -2.53. The summed E-state index contributed by atoms with van der Waals surface area (Å²) in [7, 11) is 0. The van der Waals surface area contributed by atoms with Crippen LogP contribution in [0.25, 0.3) is 9.75 Å². The molecule has 0 radical (unpaired) electrons. The van der Waals surface area contributed by atoms with Gasteiger partial charge < -0.3 is 0 Å². The lowest BCUT2D eigenvalue weighted by atomic mass is 10.4. The Bertz CT molecular complexity index is 478. The lowest BCUT2D eigenvalue weighted by Crippen LogP contribution is -1.77. The molecule has 2 aromatic rings. The van der Waals surface area contributed by atoms with Crippen molar-refractivity contribution in [2.75, 3.05) is 0 Å². The highest BCUT2D eigenvalue weighted by molar-refractivity contribution is 7.22. The Morgan fingerprint density at radius 3 is 2.60 bits per heavy atom. The molecule has 15 heavy (non-hydrogen) atoms. The molecule has 2 rings (SSSR count). The van der Waals surface area contributed by atoms with Crippen molar-refractivity contribution in [2.24, 2.45) is 0 Å². The van der Waals surface area contributed by atoms with Gasteiger partial charge in [-0.2, -0.15) is 0 Å². The zero-order valence-electron chi connectivity index (χ0n) is 7.31. The molecule has 0 unspecified atom stereocenters. The van der Waals surface area contributed by atoms with Crippen LogP contribution in [0.1, 0.15) is 21.1 Å². The van der Waals surface area contributed by atoms with Gasteiger partial charge >= 0.3 is 0 Å². The number of aldehydes is 1. The van der Waals surface area contributed by atoms with Gasteiger partial charge in [-0.15, -0.1) is 22.7 Å². The molecule has 0 aliphatic heterocycles. The van der Waals surface area contributed by atoms with Crippen LogP contribution in [0.3, 0.4) is 0 Å². The molecule has 0 N–H and O–H groups in total. The number of thiazole rings is 1. The molecule has 0 fully saturated rings. The zero-order valence-corrected chi connectivity index (χ0v) is 8.95. The van der Waals surface area contributed by atoms with Gasteiger partial charge in [0.1, 0.15) is 0 Å². The second kappa shape index (κ2) is 4.16. The third kappa shape index (κ3) is 2.10. The summed E-state index contributed by atoms with van der Waals surface area (Å²) < 4.78 is 24.5. The summed E-state index contributed by atoms with van der Waals surface area (Å²) in [5, 5.41) is -0.189. The van der Waals surface area contributed by atoms with Gasteiger partial charge in [-0.3, -0.25) is 4.79 Å². The van der Waals surface area contributed by atoms with Crippen molar-refractivity contribution in [1.82, 2.24) is 4.98 Å². The van der Waals surface area contributed by atoms with Gasteiger partial charge in [-0.05, 0) is 12.1 Å². The molecule has 0 aliphatic rings. The van der Waals surface area contributed by atoms with Crippen LogP contribution in [-0.4, -0.2) is 11.3 Å². The Hall–Kier alpha value is -1.14. The normalized spacial score (nSPS) is 10.9. The largest absolute Gasteiger partial charge is 0.297 e. The number of thiophene rings is 1. The van der Waals surface area contributed by atoms with Crippen LogP contribution in [0.15, 0.2) is 18.3 Å². The van der Waals surface area contributed by atoms with E-state index in [0.717, 1.165) is 22.5 Å². The number of rotatable bonds is 3. The maximum atomic E-state index is 12.3. The second-order valence-electron chi connectivity index (χ2n) is 2.68. The van der Waals surface area contributed by atoms with E-state index >= 15 is 0 Å². The van der Waals surface area contributed by atoms with Crippen molar-refractivity contribution in [3.05, 3.63) is 28.2 Å². The number of hydrogen-bond donors (Lipinski definition) is 0. The number of carbonyl (C=O) groups is 1. The molecule has 78 valence electrons. The van der Waals surface area contributed by atoms with Crippen molar-refractivity contribution in [3.63, 3.8) is 0 Å². The predicted molar refractivity (Wildman–Crippen MR) is 55.8 cm³/mol. The van der Waals surface area contributed by atoms with Gasteiger partial charge in [-0.1, -0.05) is 0 Å². The van der Waals surface area contributed by atoms with Gasteiger partial charge in [-0.25, -0.2) is 13.8 Å². The van der Waals surface area contributed by atoms with Gasteiger partial charge in [0.2, 0.25) is 0 Å². The minimum Gasteiger partial charge on any atom is -0.297 e. The Morgan fingerprint density at radius 1 is 1.27 bits per heavy atom. The fourth-order valence-electron chi connectivity index (χ4n) is 1.05. The minimum absolute atomic E-state index is 0.189. The van der Waals surface area contributed by atoms with E-state index in [4.69, 9.17) is 0 Å². The van der Waals surface area contributed by atoms with Crippen LogP contribution in [0, 0.1) is 0 Å². The molecule has 0 aliphatic carbocycles. The van der Waals surface area contributed by atoms with Gasteiger partial charge in [0.15, 0.2) is 11.3 Å². The quantitative estimate of drug-likeness (QED) is 0.773. The lowest BCUT2D eigenvalue weighted by molar-refractivity contribution is 0.112. The van der Waals surface area contributed by atoms with E-state index in [0.29, 0.717) is 9.75 Å². The standard InChI is InChI=1S/C9H5F2NOS2/c10-8(11)9-12-3-7(15-9)6-2-1-5(4-13)14-6/h1-4,8H. The summed E-state index contributed by atoms with van der Waals surface area (Å²) in [6, 6.07) is 3.39. The number of alkyl halides is 2. The van der Waals surface area contributed by atoms with Crippen LogP contribution in [0.4, 0.5) is 8.78 Å². The van der Waals surface area contributed by atoms with Crippen molar-refractivity contribution in [2.45, 2.75) is 6.43 Å². The molecule has 0 amide bonds. The number of carbonyl (C=O) groups excluding carboxylic acids is 1. The second-order valence-corrected chi connectivity index (χ2v) is 4.86. The number of hydrogen-bond acceptors (Lipinski definition) is 4. The molecule has 2 aromatic heterocycles. The molecule has 0 bridgehead atoms. The first-order valence-corrected chi connectivity index (χ1v) is 5.63. The molecule has 0 saturated carbocycles. The van der Waals surface area contributed by atoms with E-state index in [1.54, 1.807) is 12.1 Å². The van der Waals surface area contributed by atoms with E-state index in [-0.39, 0.29) is 5.01 Å². The molecule has 0 saturated heterocycles. The maximum Gasteiger partial charge on any atom is 0.289 e. The zero-order chi connectivity index (χ0) is 10.8. The van der Waals surface area contributed by atoms with Crippen molar-refractivity contribution < 1.29 is 13.6 Å². The Kier molecular flexibility index (Phi) is 2.88. The molecule has 0 spiro atoms. The molecular weight excluding hydrogens is 240 g/mol. The molecular formula is C9H5F2NOS2. The Morgan fingerprint density at radius 2 is 2.07 bits per heavy atom. The SMILES string of the molecule is O=Cc1ccc(-c2cnc(C(F)F)s2)s1. The van der Waals surface area contributed by atoms with Gasteiger partial charge in [0, 0.05) is 11.1 Å². The van der Waals surface area contributed by atoms with Crippen molar-refractivity contribution >= 4 is 29.0 Å². The van der Waals surface area contributed by atoms with Crippen LogP contribution < -0.4 is 0 Å². The Labute approximate surface area is 92.2 Å².